The van der Waals surface area contributed by atoms with Crippen LogP contribution in [0.2, 0.25) is 0 Å². The largest absolute Gasteiger partial charge is 0.493 e. The normalized spacial score (nSPS) is 11.4. The van der Waals surface area contributed by atoms with Crippen molar-refractivity contribution in [3.63, 3.8) is 0 Å². The van der Waals surface area contributed by atoms with Crippen molar-refractivity contribution in [3.8, 4) is 5.75 Å². The number of esters is 1. The number of benzene rings is 1. The minimum atomic E-state index is -4.68. The highest BCUT2D eigenvalue weighted by Gasteiger charge is 2.39. The Balaban J connectivity index is 2.92. The fourth-order valence-corrected chi connectivity index (χ4v) is 2.24. The molecule has 0 saturated carbocycles. The van der Waals surface area contributed by atoms with E-state index >= 15 is 0 Å². The average molecular weight is 346 g/mol. The average Bonchev–Trinajstić information content (AvgIpc) is 2.54. The molecule has 0 aromatic heterocycles. The van der Waals surface area contributed by atoms with Crippen molar-refractivity contribution >= 4 is 5.97 Å². The lowest BCUT2D eigenvalue weighted by Crippen LogP contribution is -2.17. The Labute approximate surface area is 141 Å². The van der Waals surface area contributed by atoms with Gasteiger partial charge in [0, 0.05) is 0 Å². The van der Waals surface area contributed by atoms with E-state index < -0.39 is 23.3 Å². The molecule has 1 rings (SSSR count). The van der Waals surface area contributed by atoms with Crippen LogP contribution >= 0.6 is 0 Å². The highest BCUT2D eigenvalue weighted by Crippen LogP contribution is 2.39. The maximum Gasteiger partial charge on any atom is 0.420 e. The van der Waals surface area contributed by atoms with Gasteiger partial charge in [0.25, 0.3) is 0 Å². The molecule has 1 aromatic rings. The molecule has 0 aliphatic carbocycles. The SMILES string of the molecule is CCCCCOC(=O)c1cccc(OCCCCC)c1C(F)(F)F. The predicted molar refractivity (Wildman–Crippen MR) is 86.3 cm³/mol. The summed E-state index contributed by atoms with van der Waals surface area (Å²) < 4.78 is 50.4. The van der Waals surface area contributed by atoms with E-state index in [2.05, 4.69) is 0 Å². The number of unbranched alkanes of at least 4 members (excludes halogenated alkanes) is 4. The smallest absolute Gasteiger partial charge is 0.420 e. The third kappa shape index (κ3) is 6.42. The molecule has 24 heavy (non-hydrogen) atoms. The standard InChI is InChI=1S/C18H25F3O3/c1-3-5-7-12-23-15-11-9-10-14(16(15)18(19,20)21)17(22)24-13-8-6-4-2/h9-11H,3-8,12-13H2,1-2H3. The van der Waals surface area contributed by atoms with Gasteiger partial charge in [0.1, 0.15) is 11.3 Å². The van der Waals surface area contributed by atoms with Gasteiger partial charge in [0.15, 0.2) is 0 Å². The monoisotopic (exact) mass is 346 g/mol. The van der Waals surface area contributed by atoms with Crippen LogP contribution in [0.15, 0.2) is 18.2 Å². The summed E-state index contributed by atoms with van der Waals surface area (Å²) in [5.41, 5.74) is -1.55. The van der Waals surface area contributed by atoms with Gasteiger partial charge in [0.2, 0.25) is 0 Å². The zero-order valence-electron chi connectivity index (χ0n) is 14.2. The van der Waals surface area contributed by atoms with Gasteiger partial charge in [-0.25, -0.2) is 4.79 Å². The number of carbonyl (C=O) groups excluding carboxylic acids is 1. The van der Waals surface area contributed by atoms with Crippen LogP contribution in [0.1, 0.15) is 68.3 Å². The molecule has 0 radical (unpaired) electrons. The Morgan fingerprint density at radius 2 is 1.62 bits per heavy atom. The molecule has 0 bridgehead atoms. The van der Waals surface area contributed by atoms with Crippen molar-refractivity contribution in [2.24, 2.45) is 0 Å². The van der Waals surface area contributed by atoms with Crippen molar-refractivity contribution in [1.82, 2.24) is 0 Å². The maximum absolute atomic E-state index is 13.4. The maximum atomic E-state index is 13.4. The van der Waals surface area contributed by atoms with Gasteiger partial charge >= 0.3 is 12.1 Å². The molecule has 0 fully saturated rings. The van der Waals surface area contributed by atoms with E-state index in [1.165, 1.54) is 12.1 Å². The number of alkyl halides is 3. The van der Waals surface area contributed by atoms with Crippen molar-refractivity contribution in [2.75, 3.05) is 13.2 Å². The van der Waals surface area contributed by atoms with Crippen LogP contribution in [0.4, 0.5) is 13.2 Å². The molecular formula is C18H25F3O3. The Hall–Kier alpha value is -1.72. The highest BCUT2D eigenvalue weighted by atomic mass is 19.4. The van der Waals surface area contributed by atoms with Crippen LogP contribution in [0.3, 0.4) is 0 Å². The topological polar surface area (TPSA) is 35.5 Å². The molecule has 6 heteroatoms. The van der Waals surface area contributed by atoms with E-state index in [4.69, 9.17) is 9.47 Å². The first kappa shape index (κ1) is 20.3. The Bertz CT molecular complexity index is 513. The molecule has 0 heterocycles. The van der Waals surface area contributed by atoms with Gasteiger partial charge < -0.3 is 9.47 Å². The summed E-state index contributed by atoms with van der Waals surface area (Å²) in [4.78, 5) is 12.0. The second-order valence-corrected chi connectivity index (χ2v) is 5.58. The molecule has 0 N–H and O–H groups in total. The zero-order chi connectivity index (χ0) is 18.0. The molecule has 1 aromatic carbocycles. The first-order valence-electron chi connectivity index (χ1n) is 8.41. The van der Waals surface area contributed by atoms with E-state index in [0.717, 1.165) is 31.7 Å². The molecule has 136 valence electrons. The Morgan fingerprint density at radius 3 is 2.21 bits per heavy atom. The lowest BCUT2D eigenvalue weighted by molar-refractivity contribution is -0.139. The minimum absolute atomic E-state index is 0.117. The van der Waals surface area contributed by atoms with Crippen molar-refractivity contribution < 1.29 is 27.4 Å². The fourth-order valence-electron chi connectivity index (χ4n) is 2.24. The first-order valence-corrected chi connectivity index (χ1v) is 8.41. The molecular weight excluding hydrogens is 321 g/mol. The fraction of sp³-hybridized carbons (Fsp3) is 0.611. The summed E-state index contributed by atoms with van der Waals surface area (Å²) >= 11 is 0. The number of hydrogen-bond donors (Lipinski definition) is 0. The molecule has 0 aliphatic rings. The highest BCUT2D eigenvalue weighted by molar-refractivity contribution is 5.92. The second kappa shape index (κ2) is 10.2. The molecule has 3 nitrogen and oxygen atoms in total. The van der Waals surface area contributed by atoms with Crippen LogP contribution in [0.25, 0.3) is 0 Å². The molecule has 0 unspecified atom stereocenters. The van der Waals surface area contributed by atoms with Gasteiger partial charge in [-0.3, -0.25) is 0 Å². The summed E-state index contributed by atoms with van der Waals surface area (Å²) in [5.74, 6) is -1.28. The van der Waals surface area contributed by atoms with Gasteiger partial charge in [-0.15, -0.1) is 0 Å². The molecule has 0 atom stereocenters. The quantitative estimate of drug-likeness (QED) is 0.407. The summed E-state index contributed by atoms with van der Waals surface area (Å²) in [5, 5.41) is 0. The van der Waals surface area contributed by atoms with Crippen LogP contribution < -0.4 is 4.74 Å². The number of carbonyl (C=O) groups is 1. The van der Waals surface area contributed by atoms with Gasteiger partial charge in [-0.05, 0) is 25.0 Å². The van der Waals surface area contributed by atoms with Crippen LogP contribution in [0, 0.1) is 0 Å². The molecule has 0 amide bonds. The van der Waals surface area contributed by atoms with Crippen LogP contribution in [-0.2, 0) is 10.9 Å². The van der Waals surface area contributed by atoms with E-state index in [1.54, 1.807) is 0 Å². The Kier molecular flexibility index (Phi) is 8.65. The van der Waals surface area contributed by atoms with E-state index in [1.807, 2.05) is 13.8 Å². The third-order valence-electron chi connectivity index (χ3n) is 3.52. The lowest BCUT2D eigenvalue weighted by atomic mass is 10.1. The molecule has 0 aliphatic heterocycles. The number of halogens is 3. The number of hydrogen-bond acceptors (Lipinski definition) is 3. The minimum Gasteiger partial charge on any atom is -0.493 e. The van der Waals surface area contributed by atoms with Gasteiger partial charge in [-0.1, -0.05) is 45.6 Å². The number of rotatable bonds is 10. The third-order valence-corrected chi connectivity index (χ3v) is 3.52. The van der Waals surface area contributed by atoms with Crippen molar-refractivity contribution in [1.29, 1.82) is 0 Å². The van der Waals surface area contributed by atoms with Gasteiger partial charge in [-0.2, -0.15) is 13.2 Å². The predicted octanol–water partition coefficient (Wildman–Crippen LogP) is 5.62. The first-order chi connectivity index (χ1) is 11.4. The Morgan fingerprint density at radius 1 is 1.00 bits per heavy atom. The van der Waals surface area contributed by atoms with Crippen LogP contribution in [-0.4, -0.2) is 19.2 Å². The molecule has 0 saturated heterocycles. The van der Waals surface area contributed by atoms with Crippen LogP contribution in [0.5, 0.6) is 5.75 Å². The summed E-state index contributed by atoms with van der Waals surface area (Å²) in [7, 11) is 0. The van der Waals surface area contributed by atoms with E-state index in [0.29, 0.717) is 12.8 Å². The van der Waals surface area contributed by atoms with Gasteiger partial charge in [0.05, 0.1) is 18.8 Å². The lowest BCUT2D eigenvalue weighted by Gasteiger charge is -2.17. The van der Waals surface area contributed by atoms with E-state index in [-0.39, 0.29) is 19.0 Å². The second-order valence-electron chi connectivity index (χ2n) is 5.58. The summed E-state index contributed by atoms with van der Waals surface area (Å²) in [6.45, 7) is 4.29. The zero-order valence-corrected chi connectivity index (χ0v) is 14.2. The van der Waals surface area contributed by atoms with Crippen molar-refractivity contribution in [2.45, 2.75) is 58.5 Å². The van der Waals surface area contributed by atoms with E-state index in [9.17, 15) is 18.0 Å². The summed E-state index contributed by atoms with van der Waals surface area (Å²) in [6.07, 6.45) is 0.238. The summed E-state index contributed by atoms with van der Waals surface area (Å²) in [6, 6.07) is 3.75. The number of ether oxygens (including phenoxy) is 2. The van der Waals surface area contributed by atoms with Crippen molar-refractivity contribution in [3.05, 3.63) is 29.3 Å². The molecule has 0 spiro atoms.